The first-order valence-electron chi connectivity index (χ1n) is 5.50. The Hall–Kier alpha value is -0.200. The molecule has 0 N–H and O–H groups in total. The van der Waals surface area contributed by atoms with E-state index in [-0.39, 0.29) is 24.4 Å². The zero-order chi connectivity index (χ0) is 12.1. The van der Waals surface area contributed by atoms with Gasteiger partial charge in [0.05, 0.1) is 6.10 Å². The van der Waals surface area contributed by atoms with E-state index in [9.17, 15) is 0 Å². The lowest BCUT2D eigenvalue weighted by atomic mass is 9.96. The van der Waals surface area contributed by atoms with Crippen LogP contribution in [0.2, 0.25) is 0 Å². The number of hydrogen-bond acceptors (Lipinski definition) is 5. The maximum absolute atomic E-state index is 5.77. The van der Waals surface area contributed by atoms with Crippen LogP contribution in [-0.2, 0) is 23.7 Å². The van der Waals surface area contributed by atoms with Gasteiger partial charge in [-0.25, -0.2) is 0 Å². The molecule has 16 heavy (non-hydrogen) atoms. The molecule has 1 fully saturated rings. The van der Waals surface area contributed by atoms with Crippen molar-refractivity contribution in [3.8, 4) is 0 Å². The fourth-order valence-corrected chi connectivity index (χ4v) is 2.20. The van der Waals surface area contributed by atoms with Crippen LogP contribution in [0.4, 0.5) is 0 Å². The summed E-state index contributed by atoms with van der Waals surface area (Å²) < 4.78 is 27.3. The molecule has 5 heteroatoms. The van der Waals surface area contributed by atoms with Crippen molar-refractivity contribution >= 4 is 0 Å². The molecule has 0 aromatic heterocycles. The second-order valence-corrected chi connectivity index (χ2v) is 3.79. The first-order chi connectivity index (χ1) is 7.73. The number of hydrogen-bond donors (Lipinski definition) is 0. The van der Waals surface area contributed by atoms with Crippen molar-refractivity contribution in [3.05, 3.63) is 0 Å². The Labute approximate surface area is 97.0 Å². The van der Waals surface area contributed by atoms with Crippen LogP contribution in [0.25, 0.3) is 0 Å². The summed E-state index contributed by atoms with van der Waals surface area (Å²) in [5, 5.41) is 0. The molecule has 1 aliphatic rings. The molecule has 0 aliphatic carbocycles. The molecule has 5 nitrogen and oxygen atoms in total. The molecule has 1 heterocycles. The van der Waals surface area contributed by atoms with Crippen molar-refractivity contribution in [3.63, 3.8) is 0 Å². The highest BCUT2D eigenvalue weighted by Gasteiger charge is 2.46. The van der Waals surface area contributed by atoms with E-state index in [1.165, 1.54) is 0 Å². The van der Waals surface area contributed by atoms with Crippen LogP contribution < -0.4 is 0 Å². The highest BCUT2D eigenvalue weighted by Crippen LogP contribution is 2.28. The highest BCUT2D eigenvalue weighted by molar-refractivity contribution is 4.91. The normalized spacial score (nSPS) is 39.9. The van der Waals surface area contributed by atoms with E-state index in [0.717, 1.165) is 6.42 Å². The first-order valence-corrected chi connectivity index (χ1v) is 5.50. The summed E-state index contributed by atoms with van der Waals surface area (Å²) in [4.78, 5) is 0. The van der Waals surface area contributed by atoms with Gasteiger partial charge in [-0.2, -0.15) is 0 Å². The molecule has 0 bridgehead atoms. The molecule has 1 saturated heterocycles. The van der Waals surface area contributed by atoms with Crippen LogP contribution in [-0.4, -0.2) is 59.1 Å². The molecule has 1 rings (SSSR count). The Morgan fingerprint density at radius 1 is 0.812 bits per heavy atom. The average Bonchev–Trinajstić information content (AvgIpc) is 2.35. The van der Waals surface area contributed by atoms with Crippen LogP contribution in [0.3, 0.4) is 0 Å². The van der Waals surface area contributed by atoms with Crippen molar-refractivity contribution < 1.29 is 23.7 Å². The second-order valence-electron chi connectivity index (χ2n) is 3.79. The fourth-order valence-electron chi connectivity index (χ4n) is 2.20. The standard InChI is InChI=1S/C11H22O5/c1-6-7-8(12-2)9(13-3)10(14-4)11(15-5)16-7/h7-11H,6H2,1-5H3/t7?,8-,9-,10?,11+/m0/s1. The zero-order valence-corrected chi connectivity index (χ0v) is 10.6. The van der Waals surface area contributed by atoms with Crippen LogP contribution in [0.1, 0.15) is 13.3 Å². The largest absolute Gasteiger partial charge is 0.376 e. The Bertz CT molecular complexity index is 181. The van der Waals surface area contributed by atoms with Gasteiger partial charge in [0.1, 0.15) is 18.3 Å². The first kappa shape index (κ1) is 13.9. The number of ether oxygens (including phenoxy) is 5. The second kappa shape index (κ2) is 6.51. The highest BCUT2D eigenvalue weighted by atomic mass is 16.7. The monoisotopic (exact) mass is 234 g/mol. The van der Waals surface area contributed by atoms with E-state index < -0.39 is 6.29 Å². The van der Waals surface area contributed by atoms with E-state index in [4.69, 9.17) is 23.7 Å². The molecule has 1 aliphatic heterocycles. The lowest BCUT2D eigenvalue weighted by molar-refractivity contribution is -0.302. The molecule has 0 spiro atoms. The topological polar surface area (TPSA) is 46.2 Å². The predicted octanol–water partition coefficient (Wildman–Crippen LogP) is 0.813. The van der Waals surface area contributed by atoms with Gasteiger partial charge in [-0.3, -0.25) is 0 Å². The molecule has 0 aromatic carbocycles. The van der Waals surface area contributed by atoms with Gasteiger partial charge < -0.3 is 23.7 Å². The Kier molecular flexibility index (Phi) is 5.64. The molecular weight excluding hydrogens is 212 g/mol. The molecule has 0 saturated carbocycles. The molecule has 5 atom stereocenters. The predicted molar refractivity (Wildman–Crippen MR) is 58.4 cm³/mol. The minimum absolute atomic E-state index is 0.0358. The molecule has 0 radical (unpaired) electrons. The molecule has 0 amide bonds. The fraction of sp³-hybridized carbons (Fsp3) is 1.00. The summed E-state index contributed by atoms with van der Waals surface area (Å²) in [6.07, 6.45) is -0.195. The van der Waals surface area contributed by atoms with Gasteiger partial charge in [-0.1, -0.05) is 6.92 Å². The minimum Gasteiger partial charge on any atom is -0.376 e. The third-order valence-corrected chi connectivity index (χ3v) is 3.04. The number of methoxy groups -OCH3 is 4. The van der Waals surface area contributed by atoms with E-state index >= 15 is 0 Å². The summed E-state index contributed by atoms with van der Waals surface area (Å²) in [7, 11) is 6.52. The van der Waals surface area contributed by atoms with Crippen molar-refractivity contribution in [2.75, 3.05) is 28.4 Å². The van der Waals surface area contributed by atoms with Gasteiger partial charge in [-0.15, -0.1) is 0 Å². The number of rotatable bonds is 5. The van der Waals surface area contributed by atoms with Crippen molar-refractivity contribution in [2.24, 2.45) is 0 Å². The summed E-state index contributed by atoms with van der Waals surface area (Å²) in [5.74, 6) is 0. The maximum atomic E-state index is 5.77. The van der Waals surface area contributed by atoms with Crippen molar-refractivity contribution in [2.45, 2.75) is 44.1 Å². The Morgan fingerprint density at radius 2 is 1.38 bits per heavy atom. The maximum Gasteiger partial charge on any atom is 0.186 e. The average molecular weight is 234 g/mol. The summed E-state index contributed by atoms with van der Waals surface area (Å²) >= 11 is 0. The minimum atomic E-state index is -0.411. The molecule has 2 unspecified atom stereocenters. The zero-order valence-electron chi connectivity index (χ0n) is 10.6. The van der Waals surface area contributed by atoms with E-state index in [2.05, 4.69) is 0 Å². The smallest absolute Gasteiger partial charge is 0.186 e. The summed E-state index contributed by atoms with van der Waals surface area (Å²) in [5.41, 5.74) is 0. The lowest BCUT2D eigenvalue weighted by Crippen LogP contribution is -2.59. The lowest BCUT2D eigenvalue weighted by Gasteiger charge is -2.44. The van der Waals surface area contributed by atoms with Crippen molar-refractivity contribution in [1.82, 2.24) is 0 Å². The Morgan fingerprint density at radius 3 is 1.75 bits per heavy atom. The molecular formula is C11H22O5. The van der Waals surface area contributed by atoms with Gasteiger partial charge in [0.2, 0.25) is 0 Å². The van der Waals surface area contributed by atoms with Gasteiger partial charge in [-0.05, 0) is 6.42 Å². The molecule has 96 valence electrons. The van der Waals surface area contributed by atoms with Gasteiger partial charge in [0.15, 0.2) is 6.29 Å². The quantitative estimate of drug-likeness (QED) is 0.704. The Balaban J connectivity index is 2.85. The van der Waals surface area contributed by atoms with Crippen molar-refractivity contribution in [1.29, 1.82) is 0 Å². The van der Waals surface area contributed by atoms with Crippen LogP contribution >= 0.6 is 0 Å². The van der Waals surface area contributed by atoms with Gasteiger partial charge in [0, 0.05) is 28.4 Å². The van der Waals surface area contributed by atoms with Crippen LogP contribution in [0, 0.1) is 0 Å². The van der Waals surface area contributed by atoms with Gasteiger partial charge in [0.25, 0.3) is 0 Å². The van der Waals surface area contributed by atoms with Crippen LogP contribution in [0.5, 0.6) is 0 Å². The van der Waals surface area contributed by atoms with E-state index in [1.807, 2.05) is 6.92 Å². The SMILES string of the molecule is CCC1O[C@@H](OC)C(OC)[C@@H](OC)[C@H]1OC. The summed E-state index contributed by atoms with van der Waals surface area (Å²) in [6, 6.07) is 0. The van der Waals surface area contributed by atoms with E-state index in [0.29, 0.717) is 0 Å². The summed E-state index contributed by atoms with van der Waals surface area (Å²) in [6.45, 7) is 2.04. The molecule has 0 aromatic rings. The van der Waals surface area contributed by atoms with Crippen LogP contribution in [0.15, 0.2) is 0 Å². The third kappa shape index (κ3) is 2.55. The van der Waals surface area contributed by atoms with E-state index in [1.54, 1.807) is 28.4 Å². The van der Waals surface area contributed by atoms with Gasteiger partial charge >= 0.3 is 0 Å². The third-order valence-electron chi connectivity index (χ3n) is 3.04.